The largest absolute Gasteiger partial charge is 0.495 e. The van der Waals surface area contributed by atoms with Gasteiger partial charge in [-0.15, -0.1) is 0 Å². The Bertz CT molecular complexity index is 919. The van der Waals surface area contributed by atoms with Crippen LogP contribution in [0.2, 0.25) is 5.02 Å². The summed E-state index contributed by atoms with van der Waals surface area (Å²) in [4.78, 5) is 12.7. The van der Waals surface area contributed by atoms with E-state index in [0.717, 1.165) is 16.1 Å². The minimum absolute atomic E-state index is 0.0877. The molecule has 28 heavy (non-hydrogen) atoms. The Morgan fingerprint density at radius 2 is 1.82 bits per heavy atom. The van der Waals surface area contributed by atoms with E-state index in [1.54, 1.807) is 12.1 Å². The van der Waals surface area contributed by atoms with Crippen molar-refractivity contribution in [2.45, 2.75) is 25.8 Å². The average molecular weight is 425 g/mol. The van der Waals surface area contributed by atoms with Crippen LogP contribution in [-0.4, -0.2) is 40.3 Å². The second kappa shape index (κ2) is 9.30. The van der Waals surface area contributed by atoms with E-state index in [0.29, 0.717) is 17.3 Å². The van der Waals surface area contributed by atoms with E-state index in [2.05, 4.69) is 5.32 Å². The van der Waals surface area contributed by atoms with E-state index in [1.165, 1.54) is 20.1 Å². The SMILES string of the molecule is COc1ccc(Cl)cc1N([C@@H](C)C(=O)NC[C@H](C)c1ccccc1)S(C)(=O)=O. The van der Waals surface area contributed by atoms with Crippen molar-refractivity contribution < 1.29 is 17.9 Å². The predicted octanol–water partition coefficient (Wildman–Crippen LogP) is 3.42. The highest BCUT2D eigenvalue weighted by Crippen LogP contribution is 2.34. The molecule has 0 bridgehead atoms. The summed E-state index contributed by atoms with van der Waals surface area (Å²) in [5.41, 5.74) is 1.31. The maximum Gasteiger partial charge on any atom is 0.243 e. The number of nitrogens with zero attached hydrogens (tertiary/aromatic N) is 1. The fourth-order valence-electron chi connectivity index (χ4n) is 2.92. The number of methoxy groups -OCH3 is 1. The Balaban J connectivity index is 2.23. The van der Waals surface area contributed by atoms with Crippen molar-refractivity contribution in [3.05, 3.63) is 59.1 Å². The number of ether oxygens (including phenoxy) is 1. The lowest BCUT2D eigenvalue weighted by Gasteiger charge is -2.29. The molecule has 0 unspecified atom stereocenters. The molecule has 0 aliphatic carbocycles. The summed E-state index contributed by atoms with van der Waals surface area (Å²) in [6.07, 6.45) is 1.05. The van der Waals surface area contributed by atoms with Crippen molar-refractivity contribution in [3.63, 3.8) is 0 Å². The van der Waals surface area contributed by atoms with Gasteiger partial charge in [-0.3, -0.25) is 9.10 Å². The molecule has 2 aromatic carbocycles. The minimum Gasteiger partial charge on any atom is -0.495 e. The van der Waals surface area contributed by atoms with Crippen LogP contribution in [0.4, 0.5) is 5.69 Å². The monoisotopic (exact) mass is 424 g/mol. The van der Waals surface area contributed by atoms with E-state index < -0.39 is 22.0 Å². The number of hydrogen-bond donors (Lipinski definition) is 1. The van der Waals surface area contributed by atoms with Gasteiger partial charge in [-0.25, -0.2) is 8.42 Å². The normalized spacial score (nSPS) is 13.5. The molecule has 0 saturated heterocycles. The van der Waals surface area contributed by atoms with Gasteiger partial charge in [0.1, 0.15) is 11.8 Å². The average Bonchev–Trinajstić information content (AvgIpc) is 2.65. The zero-order valence-electron chi connectivity index (χ0n) is 16.3. The molecule has 0 spiro atoms. The van der Waals surface area contributed by atoms with Gasteiger partial charge in [0.05, 0.1) is 19.1 Å². The van der Waals surface area contributed by atoms with Crippen molar-refractivity contribution >= 4 is 33.2 Å². The summed E-state index contributed by atoms with van der Waals surface area (Å²) in [6, 6.07) is 13.4. The molecule has 0 aromatic heterocycles. The molecular formula is C20H25ClN2O4S. The van der Waals surface area contributed by atoms with Crippen LogP contribution in [0, 0.1) is 0 Å². The maximum atomic E-state index is 12.7. The molecule has 0 saturated carbocycles. The van der Waals surface area contributed by atoms with E-state index in [1.807, 2.05) is 37.3 Å². The van der Waals surface area contributed by atoms with Gasteiger partial charge in [0.15, 0.2) is 0 Å². The molecule has 0 aliphatic rings. The van der Waals surface area contributed by atoms with Gasteiger partial charge < -0.3 is 10.1 Å². The first kappa shape index (κ1) is 22.0. The standard InChI is InChI=1S/C20H25ClN2O4S/c1-14(16-8-6-5-7-9-16)13-22-20(24)15(2)23(28(4,25)26)18-12-17(21)10-11-19(18)27-3/h5-12,14-15H,13H2,1-4H3,(H,22,24)/t14-,15-/m0/s1. The highest BCUT2D eigenvalue weighted by Gasteiger charge is 2.31. The van der Waals surface area contributed by atoms with Crippen LogP contribution in [0.5, 0.6) is 5.75 Å². The smallest absolute Gasteiger partial charge is 0.243 e. The van der Waals surface area contributed by atoms with Crippen molar-refractivity contribution in [2.75, 3.05) is 24.2 Å². The third-order valence-electron chi connectivity index (χ3n) is 4.42. The van der Waals surface area contributed by atoms with Crippen molar-refractivity contribution in [1.82, 2.24) is 5.32 Å². The number of halogens is 1. The Morgan fingerprint density at radius 1 is 1.18 bits per heavy atom. The summed E-state index contributed by atoms with van der Waals surface area (Å²) in [5.74, 6) is -0.00731. The molecule has 152 valence electrons. The summed E-state index contributed by atoms with van der Waals surface area (Å²) >= 11 is 6.05. The Morgan fingerprint density at radius 3 is 2.39 bits per heavy atom. The molecule has 0 fully saturated rings. The molecule has 0 aliphatic heterocycles. The molecule has 0 heterocycles. The first-order chi connectivity index (χ1) is 13.1. The molecule has 1 amide bonds. The Hall–Kier alpha value is -2.25. The van der Waals surface area contributed by atoms with E-state index in [4.69, 9.17) is 16.3 Å². The molecule has 6 nitrogen and oxygen atoms in total. The number of sulfonamides is 1. The third kappa shape index (κ3) is 5.39. The number of rotatable bonds is 8. The topological polar surface area (TPSA) is 75.7 Å². The lowest BCUT2D eigenvalue weighted by Crippen LogP contribution is -2.48. The van der Waals surface area contributed by atoms with E-state index >= 15 is 0 Å². The number of amides is 1. The van der Waals surface area contributed by atoms with Crippen LogP contribution in [0.1, 0.15) is 25.3 Å². The quantitative estimate of drug-likeness (QED) is 0.704. The van der Waals surface area contributed by atoms with Crippen molar-refractivity contribution in [3.8, 4) is 5.75 Å². The summed E-state index contributed by atoms with van der Waals surface area (Å²) in [7, 11) is -2.34. The van der Waals surface area contributed by atoms with Gasteiger partial charge in [0.2, 0.25) is 15.9 Å². The Labute approximate surface area is 171 Å². The van der Waals surface area contributed by atoms with E-state index in [-0.39, 0.29) is 11.6 Å². The number of nitrogens with one attached hydrogen (secondary N) is 1. The summed E-state index contributed by atoms with van der Waals surface area (Å²) < 4.78 is 31.2. The van der Waals surface area contributed by atoms with E-state index in [9.17, 15) is 13.2 Å². The fourth-order valence-corrected chi connectivity index (χ4v) is 4.25. The first-order valence-electron chi connectivity index (χ1n) is 8.80. The Kier molecular flexibility index (Phi) is 7.32. The van der Waals surface area contributed by atoms with Gasteiger partial charge in [-0.1, -0.05) is 48.9 Å². The van der Waals surface area contributed by atoms with Gasteiger partial charge in [0.25, 0.3) is 0 Å². The highest BCUT2D eigenvalue weighted by molar-refractivity contribution is 7.92. The molecule has 8 heteroatoms. The summed E-state index contributed by atoms with van der Waals surface area (Å²) in [5, 5.41) is 3.18. The predicted molar refractivity (Wildman–Crippen MR) is 113 cm³/mol. The fraction of sp³-hybridized carbons (Fsp3) is 0.350. The van der Waals surface area contributed by atoms with Gasteiger partial charge in [-0.2, -0.15) is 0 Å². The lowest BCUT2D eigenvalue weighted by atomic mass is 10.0. The number of benzene rings is 2. The van der Waals surface area contributed by atoms with Crippen LogP contribution >= 0.6 is 11.6 Å². The summed E-state index contributed by atoms with van der Waals surface area (Å²) in [6.45, 7) is 3.91. The second-order valence-corrected chi connectivity index (χ2v) is 8.90. The van der Waals surface area contributed by atoms with Gasteiger partial charge >= 0.3 is 0 Å². The van der Waals surface area contributed by atoms with Crippen molar-refractivity contribution in [2.24, 2.45) is 0 Å². The number of carbonyl (C=O) groups excluding carboxylic acids is 1. The lowest BCUT2D eigenvalue weighted by molar-refractivity contribution is -0.121. The highest BCUT2D eigenvalue weighted by atomic mass is 35.5. The van der Waals surface area contributed by atoms with Gasteiger partial charge in [0, 0.05) is 11.6 Å². The van der Waals surface area contributed by atoms with Crippen LogP contribution < -0.4 is 14.4 Å². The molecule has 2 rings (SSSR count). The maximum absolute atomic E-state index is 12.7. The number of hydrogen-bond acceptors (Lipinski definition) is 4. The number of carbonyl (C=O) groups is 1. The van der Waals surface area contributed by atoms with Gasteiger partial charge in [-0.05, 0) is 36.6 Å². The first-order valence-corrected chi connectivity index (χ1v) is 11.0. The molecule has 2 atom stereocenters. The molecule has 1 N–H and O–H groups in total. The zero-order valence-corrected chi connectivity index (χ0v) is 17.9. The van der Waals surface area contributed by atoms with Crippen LogP contribution in [0.3, 0.4) is 0 Å². The second-order valence-electron chi connectivity index (χ2n) is 6.61. The van der Waals surface area contributed by atoms with Crippen molar-refractivity contribution in [1.29, 1.82) is 0 Å². The van der Waals surface area contributed by atoms with Crippen LogP contribution in [-0.2, 0) is 14.8 Å². The molecule has 0 radical (unpaired) electrons. The minimum atomic E-state index is -3.77. The zero-order chi connectivity index (χ0) is 20.9. The van der Waals surface area contributed by atoms with Crippen LogP contribution in [0.25, 0.3) is 0 Å². The number of anilines is 1. The molecular weight excluding hydrogens is 400 g/mol. The third-order valence-corrected chi connectivity index (χ3v) is 5.88. The van der Waals surface area contributed by atoms with Crippen LogP contribution in [0.15, 0.2) is 48.5 Å². The molecule has 2 aromatic rings.